The molecule has 0 spiro atoms. The zero-order valence-corrected chi connectivity index (χ0v) is 14.3. The zero-order chi connectivity index (χ0) is 19.6. The van der Waals surface area contributed by atoms with Crippen molar-refractivity contribution in [2.45, 2.75) is 0 Å². The molecule has 0 saturated carbocycles. The fourth-order valence-electron chi connectivity index (χ4n) is 3.27. The maximum Gasteiger partial charge on any atom is 0.275 e. The second-order valence-electron chi connectivity index (χ2n) is 6.13. The van der Waals surface area contributed by atoms with Gasteiger partial charge in [0.15, 0.2) is 0 Å². The van der Waals surface area contributed by atoms with Gasteiger partial charge >= 0.3 is 0 Å². The van der Waals surface area contributed by atoms with Gasteiger partial charge < -0.3 is 5.73 Å². The number of carbonyl (C=O) groups excluding carboxylic acids is 2. The molecule has 1 aliphatic heterocycles. The highest BCUT2D eigenvalue weighted by Crippen LogP contribution is 2.24. The van der Waals surface area contributed by atoms with Gasteiger partial charge in [-0.05, 0) is 12.1 Å². The van der Waals surface area contributed by atoms with Crippen molar-refractivity contribution in [2.24, 2.45) is 14.1 Å². The molecule has 0 unspecified atom stereocenters. The fourth-order valence-corrected chi connectivity index (χ4v) is 3.27. The quantitative estimate of drug-likeness (QED) is 0.521. The van der Waals surface area contributed by atoms with Crippen molar-refractivity contribution in [3.8, 4) is 5.69 Å². The molecule has 10 heteroatoms. The van der Waals surface area contributed by atoms with Crippen LogP contribution < -0.4 is 27.7 Å². The second kappa shape index (κ2) is 5.27. The monoisotopic (exact) mass is 367 g/mol. The van der Waals surface area contributed by atoms with Gasteiger partial charge in [-0.3, -0.25) is 43.2 Å². The van der Waals surface area contributed by atoms with Crippen LogP contribution in [0.2, 0.25) is 0 Å². The van der Waals surface area contributed by atoms with E-state index in [-0.39, 0.29) is 33.4 Å². The number of aromatic nitrogens is 3. The van der Waals surface area contributed by atoms with Gasteiger partial charge in [0.25, 0.3) is 28.5 Å². The van der Waals surface area contributed by atoms with Crippen LogP contribution in [-0.2, 0) is 14.1 Å². The number of nitrogens with zero attached hydrogens (tertiary/aromatic N) is 3. The number of nitrogens with one attached hydrogen (secondary N) is 1. The SMILES string of the molecule is Cn1c(=O)c2cccc(-n3c(N)c4c(cc3=O)C(=O)NC4=O)c2c(=O)n1C. The normalized spacial score (nSPS) is 13.1. The lowest BCUT2D eigenvalue weighted by atomic mass is 10.1. The summed E-state index contributed by atoms with van der Waals surface area (Å²) in [7, 11) is 2.86. The molecule has 2 aromatic heterocycles. The van der Waals surface area contributed by atoms with E-state index in [4.69, 9.17) is 5.73 Å². The number of rotatable bonds is 1. The average Bonchev–Trinajstić information content (AvgIpc) is 2.91. The lowest BCUT2D eigenvalue weighted by molar-refractivity contribution is 0.0880. The molecule has 0 bridgehead atoms. The molecule has 1 aliphatic rings. The second-order valence-corrected chi connectivity index (χ2v) is 6.13. The van der Waals surface area contributed by atoms with Crippen LogP contribution in [0.3, 0.4) is 0 Å². The van der Waals surface area contributed by atoms with Gasteiger partial charge in [-0.2, -0.15) is 0 Å². The van der Waals surface area contributed by atoms with E-state index >= 15 is 0 Å². The maximum atomic E-state index is 12.8. The predicted octanol–water partition coefficient (Wildman–Crippen LogP) is -1.15. The van der Waals surface area contributed by atoms with E-state index in [0.717, 1.165) is 20.0 Å². The van der Waals surface area contributed by atoms with E-state index in [0.29, 0.717) is 0 Å². The summed E-state index contributed by atoms with van der Waals surface area (Å²) in [5, 5.41) is 2.16. The molecule has 0 aliphatic carbocycles. The summed E-state index contributed by atoms with van der Waals surface area (Å²) in [6.45, 7) is 0. The molecule has 0 radical (unpaired) electrons. The topological polar surface area (TPSA) is 138 Å². The van der Waals surface area contributed by atoms with Gasteiger partial charge in [-0.15, -0.1) is 0 Å². The van der Waals surface area contributed by atoms with Crippen molar-refractivity contribution in [1.29, 1.82) is 0 Å². The number of benzene rings is 1. The third-order valence-corrected chi connectivity index (χ3v) is 4.72. The van der Waals surface area contributed by atoms with Gasteiger partial charge in [-0.25, -0.2) is 0 Å². The Morgan fingerprint density at radius 1 is 0.926 bits per heavy atom. The summed E-state index contributed by atoms with van der Waals surface area (Å²) in [6.07, 6.45) is 0. The highest BCUT2D eigenvalue weighted by atomic mass is 16.2. The van der Waals surface area contributed by atoms with E-state index in [2.05, 4.69) is 5.32 Å². The lowest BCUT2D eigenvalue weighted by Crippen LogP contribution is -2.36. The zero-order valence-electron chi connectivity index (χ0n) is 14.3. The van der Waals surface area contributed by atoms with Gasteiger partial charge in [0, 0.05) is 20.2 Å². The fraction of sp³-hybridized carbons (Fsp3) is 0.118. The van der Waals surface area contributed by atoms with E-state index in [9.17, 15) is 24.0 Å². The number of fused-ring (bicyclic) bond motifs is 2. The minimum Gasteiger partial charge on any atom is -0.384 e. The van der Waals surface area contributed by atoms with Crippen LogP contribution in [0.4, 0.5) is 5.82 Å². The summed E-state index contributed by atoms with van der Waals surface area (Å²) in [6, 6.07) is 5.40. The van der Waals surface area contributed by atoms with Gasteiger partial charge in [0.1, 0.15) is 5.82 Å². The molecule has 0 saturated heterocycles. The molecule has 136 valence electrons. The Bertz CT molecular complexity index is 1380. The Balaban J connectivity index is 2.21. The number of nitrogen functional groups attached to an aromatic ring is 1. The number of amides is 2. The lowest BCUT2D eigenvalue weighted by Gasteiger charge is -2.15. The molecular formula is C17H13N5O5. The molecular weight excluding hydrogens is 354 g/mol. The first-order valence-corrected chi connectivity index (χ1v) is 7.84. The molecule has 27 heavy (non-hydrogen) atoms. The van der Waals surface area contributed by atoms with Crippen molar-refractivity contribution in [3.63, 3.8) is 0 Å². The molecule has 3 N–H and O–H groups in total. The van der Waals surface area contributed by atoms with Crippen molar-refractivity contribution >= 4 is 28.4 Å². The predicted molar refractivity (Wildman–Crippen MR) is 96.2 cm³/mol. The highest BCUT2D eigenvalue weighted by molar-refractivity contribution is 6.23. The number of carbonyl (C=O) groups is 2. The first kappa shape index (κ1) is 16.5. The Hall–Kier alpha value is -3.95. The Morgan fingerprint density at radius 3 is 2.30 bits per heavy atom. The summed E-state index contributed by atoms with van der Waals surface area (Å²) in [5.41, 5.74) is 4.16. The number of nitrogens with two attached hydrogens (primary N) is 1. The smallest absolute Gasteiger partial charge is 0.275 e. The van der Waals surface area contributed by atoms with Crippen LogP contribution in [0.15, 0.2) is 38.6 Å². The Labute approximate surface area is 150 Å². The van der Waals surface area contributed by atoms with E-state index < -0.39 is 28.5 Å². The van der Waals surface area contributed by atoms with Crippen molar-refractivity contribution < 1.29 is 9.59 Å². The van der Waals surface area contributed by atoms with Crippen LogP contribution in [0, 0.1) is 0 Å². The van der Waals surface area contributed by atoms with Crippen LogP contribution in [-0.4, -0.2) is 25.7 Å². The van der Waals surface area contributed by atoms with E-state index in [1.807, 2.05) is 0 Å². The number of pyridine rings is 1. The third kappa shape index (κ3) is 2.03. The summed E-state index contributed by atoms with van der Waals surface area (Å²) >= 11 is 0. The molecule has 1 aromatic carbocycles. The number of imide groups is 1. The first-order chi connectivity index (χ1) is 12.7. The van der Waals surface area contributed by atoms with E-state index in [1.54, 1.807) is 0 Å². The van der Waals surface area contributed by atoms with Gasteiger partial charge in [-0.1, -0.05) is 6.07 Å². The average molecular weight is 367 g/mol. The molecule has 4 rings (SSSR count). The van der Waals surface area contributed by atoms with Crippen molar-refractivity contribution in [2.75, 3.05) is 5.73 Å². The van der Waals surface area contributed by atoms with Crippen LogP contribution in [0.5, 0.6) is 0 Å². The Morgan fingerprint density at radius 2 is 1.59 bits per heavy atom. The summed E-state index contributed by atoms with van der Waals surface area (Å²) < 4.78 is 3.22. The molecule has 0 atom stereocenters. The minimum atomic E-state index is -0.731. The standard InChI is InChI=1S/C17H13N5O5/c1-20-16(26)7-4-3-5-9(11(7)17(27)21(20)2)22-10(23)6-8-12(13(22)18)15(25)19-14(8)24/h3-6H,18H2,1-2H3,(H,19,24,25). The van der Waals surface area contributed by atoms with Crippen molar-refractivity contribution in [1.82, 2.24) is 19.2 Å². The van der Waals surface area contributed by atoms with Crippen LogP contribution in [0.25, 0.3) is 16.5 Å². The maximum absolute atomic E-state index is 12.8. The van der Waals surface area contributed by atoms with E-state index in [1.165, 1.54) is 32.3 Å². The highest BCUT2D eigenvalue weighted by Gasteiger charge is 2.32. The van der Waals surface area contributed by atoms with Gasteiger partial charge in [0.05, 0.1) is 27.6 Å². The molecule has 10 nitrogen and oxygen atoms in total. The van der Waals surface area contributed by atoms with Crippen LogP contribution in [0.1, 0.15) is 20.7 Å². The number of anilines is 1. The number of hydrogen-bond acceptors (Lipinski definition) is 6. The minimum absolute atomic E-state index is 0.0124. The summed E-state index contributed by atoms with van der Waals surface area (Å²) in [4.78, 5) is 61.8. The Kier molecular flexibility index (Phi) is 3.22. The molecule has 2 amide bonds. The number of hydrogen-bond donors (Lipinski definition) is 2. The molecule has 3 heterocycles. The third-order valence-electron chi connectivity index (χ3n) is 4.72. The largest absolute Gasteiger partial charge is 0.384 e. The first-order valence-electron chi connectivity index (χ1n) is 7.84. The molecule has 3 aromatic rings. The van der Waals surface area contributed by atoms with Crippen LogP contribution >= 0.6 is 0 Å². The molecule has 0 fully saturated rings. The van der Waals surface area contributed by atoms with Gasteiger partial charge in [0.2, 0.25) is 0 Å². The van der Waals surface area contributed by atoms with Crippen molar-refractivity contribution in [3.05, 3.63) is 66.5 Å². The summed E-state index contributed by atoms with van der Waals surface area (Å²) in [5.74, 6) is -1.73.